The molecule has 0 nitrogen and oxygen atoms in total. The van der Waals surface area contributed by atoms with Gasteiger partial charge >= 0.3 is 26.2 Å². The minimum atomic E-state index is 0. The van der Waals surface area contributed by atoms with Gasteiger partial charge in [0, 0.05) is 0 Å². The maximum atomic E-state index is 3.88. The van der Waals surface area contributed by atoms with Gasteiger partial charge in [-0.25, -0.2) is 0 Å². The number of fused-ring (bicyclic) bond motifs is 3. The van der Waals surface area contributed by atoms with Crippen LogP contribution in [0, 0.1) is 18.2 Å². The van der Waals surface area contributed by atoms with E-state index in [9.17, 15) is 0 Å². The molecule has 1 aliphatic carbocycles. The van der Waals surface area contributed by atoms with Gasteiger partial charge < -0.3 is 24.8 Å². The molecule has 1 aliphatic rings. The predicted molar refractivity (Wildman–Crippen MR) is 208 cm³/mol. The molecular weight excluding hydrogens is 862 g/mol. The van der Waals surface area contributed by atoms with Crippen LogP contribution in [-0.2, 0) is 43.5 Å². The van der Waals surface area contributed by atoms with Gasteiger partial charge in [0.1, 0.15) is 0 Å². The summed E-state index contributed by atoms with van der Waals surface area (Å²) in [6.07, 6.45) is 0.944. The molecule has 50 heavy (non-hydrogen) atoms. The summed E-state index contributed by atoms with van der Waals surface area (Å²) in [7, 11) is 0. The van der Waals surface area contributed by atoms with E-state index >= 15 is 0 Å². The summed E-state index contributed by atoms with van der Waals surface area (Å²) in [5.41, 5.74) is 13.5. The maximum absolute atomic E-state index is 3.88. The molecule has 0 aliphatic heterocycles. The van der Waals surface area contributed by atoms with E-state index in [2.05, 4.69) is 170 Å². The van der Waals surface area contributed by atoms with Crippen LogP contribution in [0.2, 0.25) is 0 Å². The van der Waals surface area contributed by atoms with E-state index in [0.29, 0.717) is 0 Å². The minimum Gasteiger partial charge on any atom is -1.00 e. The molecule has 0 bridgehead atoms. The quantitative estimate of drug-likeness (QED) is 0.158. The summed E-state index contributed by atoms with van der Waals surface area (Å²) in [6.45, 7) is 13.9. The molecule has 6 aromatic rings. The van der Waals surface area contributed by atoms with Crippen molar-refractivity contribution in [3.8, 4) is 33.4 Å². The van der Waals surface area contributed by atoms with Gasteiger partial charge in [-0.15, -0.1) is 28.8 Å². The Morgan fingerprint density at radius 3 is 1.38 bits per heavy atom. The third-order valence-electron chi connectivity index (χ3n) is 8.18. The number of hydrogen-bond donors (Lipinski definition) is 0. The Kier molecular flexibility index (Phi) is 17.2. The Hall–Kier alpha value is -2.26. The largest absolute Gasteiger partial charge is 2.00 e. The molecule has 0 fully saturated rings. The van der Waals surface area contributed by atoms with E-state index in [4.69, 9.17) is 0 Å². The summed E-state index contributed by atoms with van der Waals surface area (Å²) in [4.78, 5) is 0. The zero-order valence-corrected chi connectivity index (χ0v) is 36.5. The molecule has 0 atom stereocenters. The van der Waals surface area contributed by atoms with Crippen molar-refractivity contribution in [3.05, 3.63) is 177 Å². The van der Waals surface area contributed by atoms with Crippen LogP contribution >= 0.6 is 31.9 Å². The molecule has 0 saturated heterocycles. The summed E-state index contributed by atoms with van der Waals surface area (Å²) >= 11 is 6.58. The predicted octanol–water partition coefficient (Wildman–Crippen LogP) is 7.49. The first-order valence-corrected chi connectivity index (χ1v) is 17.6. The molecule has 0 aromatic heterocycles. The van der Waals surface area contributed by atoms with Crippen molar-refractivity contribution >= 4 is 31.9 Å². The molecule has 0 amide bonds. The summed E-state index contributed by atoms with van der Waals surface area (Å²) in [6, 6.07) is 53.9. The van der Waals surface area contributed by atoms with Gasteiger partial charge in [-0.1, -0.05) is 172 Å². The molecular formula is C45H41Br2Cl2Zr-3. The Balaban J connectivity index is 0.000000425. The van der Waals surface area contributed by atoms with Gasteiger partial charge in [-0.2, -0.15) is 60.7 Å². The van der Waals surface area contributed by atoms with E-state index in [1.165, 1.54) is 55.6 Å². The third-order valence-corrected chi connectivity index (χ3v) is 9.24. The van der Waals surface area contributed by atoms with Gasteiger partial charge in [0.25, 0.3) is 0 Å². The first kappa shape index (κ1) is 43.9. The monoisotopic (exact) mass is 899 g/mol. The topological polar surface area (TPSA) is 0 Å². The van der Waals surface area contributed by atoms with Crippen molar-refractivity contribution in [2.24, 2.45) is 0 Å². The minimum absolute atomic E-state index is 0. The summed E-state index contributed by atoms with van der Waals surface area (Å²) in [5, 5.41) is 0. The first-order chi connectivity index (χ1) is 22.4. The number of rotatable bonds is 2. The van der Waals surface area contributed by atoms with Crippen molar-refractivity contribution in [1.29, 1.82) is 0 Å². The number of hydrogen-bond acceptors (Lipinski definition) is 0. The van der Waals surface area contributed by atoms with Gasteiger partial charge in [0.05, 0.1) is 0 Å². The Bertz CT molecular complexity index is 1770. The van der Waals surface area contributed by atoms with Crippen LogP contribution in [0.25, 0.3) is 33.4 Å². The van der Waals surface area contributed by atoms with E-state index in [1.807, 2.05) is 48.5 Å². The van der Waals surface area contributed by atoms with Gasteiger partial charge in [0.15, 0.2) is 0 Å². The molecule has 0 unspecified atom stereocenters. The SMILES string of the molecule is Brc1cc[c-]cc1.Brc1cc[c-]cc1.CC(C)(C)c1cc2c([c-]c1-c1ccccc1)Cc1cc(-c3ccccc3)c(C(C)(C)C)cc1-2.[Cl-].[Cl-].[Zr+2]. The molecule has 7 rings (SSSR count). The van der Waals surface area contributed by atoms with Gasteiger partial charge in [0.2, 0.25) is 0 Å². The molecule has 0 saturated carbocycles. The zero-order valence-electron chi connectivity index (χ0n) is 29.3. The van der Waals surface area contributed by atoms with Crippen molar-refractivity contribution in [2.45, 2.75) is 58.8 Å². The second kappa shape index (κ2) is 19.5. The molecule has 0 N–H and O–H groups in total. The van der Waals surface area contributed by atoms with Crippen LogP contribution < -0.4 is 24.8 Å². The van der Waals surface area contributed by atoms with Crippen LogP contribution in [0.3, 0.4) is 0 Å². The smallest absolute Gasteiger partial charge is 1.00 e. The summed E-state index contributed by atoms with van der Waals surface area (Å²) < 4.78 is 2.21. The maximum Gasteiger partial charge on any atom is 2.00 e. The van der Waals surface area contributed by atoms with E-state index in [-0.39, 0.29) is 61.8 Å². The van der Waals surface area contributed by atoms with Crippen LogP contribution in [0.4, 0.5) is 0 Å². The fraction of sp³-hybridized carbons (Fsp3) is 0.200. The second-order valence-electron chi connectivity index (χ2n) is 13.9. The summed E-state index contributed by atoms with van der Waals surface area (Å²) in [5.74, 6) is 0. The molecule has 0 heterocycles. The third kappa shape index (κ3) is 11.4. The van der Waals surface area contributed by atoms with Crippen molar-refractivity contribution < 1.29 is 51.0 Å². The fourth-order valence-corrected chi connectivity index (χ4v) is 6.36. The Morgan fingerprint density at radius 2 is 0.960 bits per heavy atom. The molecule has 5 heteroatoms. The molecule has 0 spiro atoms. The Labute approximate surface area is 348 Å². The number of halogens is 4. The van der Waals surface area contributed by atoms with E-state index in [1.54, 1.807) is 0 Å². The molecule has 256 valence electrons. The van der Waals surface area contributed by atoms with Crippen molar-refractivity contribution in [3.63, 3.8) is 0 Å². The van der Waals surface area contributed by atoms with Crippen LogP contribution in [0.1, 0.15) is 63.8 Å². The van der Waals surface area contributed by atoms with E-state index in [0.717, 1.165) is 15.4 Å². The van der Waals surface area contributed by atoms with Crippen molar-refractivity contribution in [2.75, 3.05) is 0 Å². The van der Waals surface area contributed by atoms with Crippen molar-refractivity contribution in [1.82, 2.24) is 0 Å². The van der Waals surface area contributed by atoms with Gasteiger partial charge in [-0.3, -0.25) is 0 Å². The van der Waals surface area contributed by atoms with Crippen LogP contribution in [-0.4, -0.2) is 0 Å². The zero-order chi connectivity index (χ0) is 33.6. The van der Waals surface area contributed by atoms with Gasteiger partial charge in [-0.05, 0) is 39.5 Å². The normalized spacial score (nSPS) is 11.0. The Morgan fingerprint density at radius 1 is 0.520 bits per heavy atom. The van der Waals surface area contributed by atoms with E-state index < -0.39 is 0 Å². The standard InChI is InChI=1S/C33H33.2C6H4Br.2ClH.Zr/c1-32(2,3)30-20-26-24(18-28(30)22-13-9-7-10-14-22)17-25-19-29(23-15-11-8-12-16-23)31(21-27(25)26)33(4,5)6;2*7-6-4-2-1-3-5-6;;;/h7-16,18,20-21H,17H2,1-6H3;2*2-5H;2*1H;/q3*-1;;;+2/p-2. The average molecular weight is 904 g/mol. The number of benzene rings is 6. The fourth-order valence-electron chi connectivity index (χ4n) is 5.84. The second-order valence-corrected chi connectivity index (χ2v) is 15.7. The first-order valence-electron chi connectivity index (χ1n) is 16.0. The molecule has 0 radical (unpaired) electrons. The van der Waals surface area contributed by atoms with Crippen LogP contribution in [0.5, 0.6) is 0 Å². The average Bonchev–Trinajstić information content (AvgIpc) is 3.42. The molecule has 6 aromatic carbocycles. The van der Waals surface area contributed by atoms with Crippen LogP contribution in [0.15, 0.2) is 136 Å².